The number of unbranched alkanes of at least 4 members (excludes halogenated alkanes) is 6. The van der Waals surface area contributed by atoms with Gasteiger partial charge in [0.2, 0.25) is 10.0 Å². The van der Waals surface area contributed by atoms with Crippen molar-refractivity contribution in [3.8, 4) is 5.75 Å². The molecule has 0 atom stereocenters. The van der Waals surface area contributed by atoms with Gasteiger partial charge in [-0.25, -0.2) is 8.42 Å². The zero-order chi connectivity index (χ0) is 18.7. The molecule has 25 heavy (non-hydrogen) atoms. The summed E-state index contributed by atoms with van der Waals surface area (Å²) in [6, 6.07) is 3.88. The van der Waals surface area contributed by atoms with Gasteiger partial charge in [0.25, 0.3) is 5.69 Å². The molecular formula is C17H28N2O5S. The molecule has 0 heterocycles. The highest BCUT2D eigenvalue weighted by Gasteiger charge is 2.16. The number of nitro benzene ring substituents is 1. The average molecular weight is 372 g/mol. The molecule has 0 aliphatic heterocycles. The highest BCUT2D eigenvalue weighted by atomic mass is 32.2. The zero-order valence-corrected chi connectivity index (χ0v) is 15.8. The second-order valence-corrected chi connectivity index (χ2v) is 7.92. The quantitative estimate of drug-likeness (QED) is 0.312. The van der Waals surface area contributed by atoms with Gasteiger partial charge in [0.1, 0.15) is 5.75 Å². The molecule has 0 aromatic heterocycles. The van der Waals surface area contributed by atoms with E-state index in [4.69, 9.17) is 4.74 Å². The lowest BCUT2D eigenvalue weighted by molar-refractivity contribution is -0.384. The third kappa shape index (κ3) is 8.20. The standard InChI is InChI=1S/C17H28N2O5S/c1-3-5-6-7-8-9-10-13-24-17-14-15(19(20)21)11-12-16(17)18-25(22,23)4-2/h11-12,14,18H,3-10,13H2,1-2H3. The summed E-state index contributed by atoms with van der Waals surface area (Å²) in [7, 11) is -3.48. The van der Waals surface area contributed by atoms with Gasteiger partial charge in [-0.3, -0.25) is 14.8 Å². The van der Waals surface area contributed by atoms with Gasteiger partial charge >= 0.3 is 0 Å². The molecule has 0 fully saturated rings. The fraction of sp³-hybridized carbons (Fsp3) is 0.647. The van der Waals surface area contributed by atoms with Crippen LogP contribution in [-0.4, -0.2) is 25.7 Å². The van der Waals surface area contributed by atoms with Crippen LogP contribution in [0.4, 0.5) is 11.4 Å². The van der Waals surface area contributed by atoms with Crippen molar-refractivity contribution in [3.63, 3.8) is 0 Å². The van der Waals surface area contributed by atoms with E-state index in [0.29, 0.717) is 6.61 Å². The topological polar surface area (TPSA) is 98.5 Å². The first-order chi connectivity index (χ1) is 11.9. The van der Waals surface area contributed by atoms with E-state index >= 15 is 0 Å². The van der Waals surface area contributed by atoms with E-state index in [1.807, 2.05) is 0 Å². The highest BCUT2D eigenvalue weighted by Crippen LogP contribution is 2.30. The predicted octanol–water partition coefficient (Wildman–Crippen LogP) is 4.49. The van der Waals surface area contributed by atoms with Crippen LogP contribution >= 0.6 is 0 Å². The van der Waals surface area contributed by atoms with E-state index in [0.717, 1.165) is 19.3 Å². The van der Waals surface area contributed by atoms with Crippen molar-refractivity contribution >= 4 is 21.4 Å². The van der Waals surface area contributed by atoms with Crippen LogP contribution in [0.25, 0.3) is 0 Å². The second kappa shape index (κ2) is 10.9. The Hall–Kier alpha value is -1.83. The lowest BCUT2D eigenvalue weighted by atomic mass is 10.1. The number of nitrogens with zero attached hydrogens (tertiary/aromatic N) is 1. The minimum absolute atomic E-state index is 0.0822. The van der Waals surface area contributed by atoms with Crippen molar-refractivity contribution in [2.24, 2.45) is 0 Å². The number of hydrogen-bond donors (Lipinski definition) is 1. The molecule has 1 N–H and O–H groups in total. The van der Waals surface area contributed by atoms with Crippen LogP contribution in [0.1, 0.15) is 58.8 Å². The minimum Gasteiger partial charge on any atom is -0.491 e. The van der Waals surface area contributed by atoms with Gasteiger partial charge in [0.05, 0.1) is 29.0 Å². The van der Waals surface area contributed by atoms with Crippen LogP contribution in [0.15, 0.2) is 18.2 Å². The molecule has 142 valence electrons. The van der Waals surface area contributed by atoms with Crippen LogP contribution in [0.5, 0.6) is 5.75 Å². The van der Waals surface area contributed by atoms with E-state index in [1.165, 1.54) is 50.8 Å². The molecule has 8 heteroatoms. The third-order valence-corrected chi connectivity index (χ3v) is 5.12. The lowest BCUT2D eigenvalue weighted by Gasteiger charge is -2.13. The Kier molecular flexibility index (Phi) is 9.26. The Labute approximate surface area is 150 Å². The number of nitrogens with one attached hydrogen (secondary N) is 1. The number of anilines is 1. The first-order valence-corrected chi connectivity index (χ1v) is 10.5. The van der Waals surface area contributed by atoms with Crippen LogP contribution in [-0.2, 0) is 10.0 Å². The molecule has 0 spiro atoms. The average Bonchev–Trinajstić information content (AvgIpc) is 2.58. The molecule has 0 unspecified atom stereocenters. The van der Waals surface area contributed by atoms with Crippen molar-refractivity contribution in [1.82, 2.24) is 0 Å². The number of non-ortho nitro benzene ring substituents is 1. The molecule has 0 radical (unpaired) electrons. The van der Waals surface area contributed by atoms with Crippen molar-refractivity contribution in [3.05, 3.63) is 28.3 Å². The SMILES string of the molecule is CCCCCCCCCOc1cc([N+](=O)[O-])ccc1NS(=O)(=O)CC. The number of rotatable bonds is 13. The Morgan fingerprint density at radius 2 is 1.72 bits per heavy atom. The largest absolute Gasteiger partial charge is 0.491 e. The molecule has 7 nitrogen and oxygen atoms in total. The Morgan fingerprint density at radius 1 is 1.08 bits per heavy atom. The number of benzene rings is 1. The summed E-state index contributed by atoms with van der Waals surface area (Å²) in [5.41, 5.74) is 0.101. The molecule has 1 rings (SSSR count). The summed E-state index contributed by atoms with van der Waals surface area (Å²) in [6.45, 7) is 4.10. The number of sulfonamides is 1. The van der Waals surface area contributed by atoms with Crippen molar-refractivity contribution in [1.29, 1.82) is 0 Å². The van der Waals surface area contributed by atoms with Gasteiger partial charge in [-0.2, -0.15) is 0 Å². The fourth-order valence-electron chi connectivity index (χ4n) is 2.31. The van der Waals surface area contributed by atoms with Crippen molar-refractivity contribution in [2.75, 3.05) is 17.1 Å². The van der Waals surface area contributed by atoms with Gasteiger partial charge in [-0.05, 0) is 19.4 Å². The second-order valence-electron chi connectivity index (χ2n) is 5.91. The third-order valence-electron chi connectivity index (χ3n) is 3.83. The maximum atomic E-state index is 11.7. The molecule has 0 aliphatic rings. The molecule has 0 saturated carbocycles. The molecule has 1 aromatic rings. The first-order valence-electron chi connectivity index (χ1n) is 8.81. The maximum Gasteiger partial charge on any atom is 0.273 e. The molecule has 1 aromatic carbocycles. The number of hydrogen-bond acceptors (Lipinski definition) is 5. The smallest absolute Gasteiger partial charge is 0.273 e. The molecule has 0 saturated heterocycles. The molecular weight excluding hydrogens is 344 g/mol. The van der Waals surface area contributed by atoms with Gasteiger partial charge in [0, 0.05) is 6.07 Å². The lowest BCUT2D eigenvalue weighted by Crippen LogP contribution is -2.15. The summed E-state index contributed by atoms with van der Waals surface area (Å²) in [6.07, 6.45) is 7.89. The molecule has 0 aliphatic carbocycles. The number of nitro groups is 1. The fourth-order valence-corrected chi connectivity index (χ4v) is 2.96. The Balaban J connectivity index is 2.62. The van der Waals surface area contributed by atoms with Gasteiger partial charge in [0.15, 0.2) is 0 Å². The van der Waals surface area contributed by atoms with Gasteiger partial charge in [-0.15, -0.1) is 0 Å². The summed E-state index contributed by atoms with van der Waals surface area (Å²) >= 11 is 0. The van der Waals surface area contributed by atoms with Gasteiger partial charge in [-0.1, -0.05) is 45.4 Å². The van der Waals surface area contributed by atoms with Crippen LogP contribution in [0.3, 0.4) is 0 Å². The normalized spacial score (nSPS) is 11.3. The Bertz CT molecular complexity index is 646. The zero-order valence-electron chi connectivity index (χ0n) is 15.0. The van der Waals surface area contributed by atoms with Crippen molar-refractivity contribution in [2.45, 2.75) is 58.8 Å². The maximum absolute atomic E-state index is 11.7. The highest BCUT2D eigenvalue weighted by molar-refractivity contribution is 7.92. The van der Waals surface area contributed by atoms with E-state index in [-0.39, 0.29) is 22.9 Å². The summed E-state index contributed by atoms with van der Waals surface area (Å²) in [4.78, 5) is 10.4. The minimum atomic E-state index is -3.48. The van der Waals surface area contributed by atoms with E-state index < -0.39 is 14.9 Å². The first kappa shape index (κ1) is 21.2. The molecule has 0 amide bonds. The van der Waals surface area contributed by atoms with E-state index in [2.05, 4.69) is 11.6 Å². The van der Waals surface area contributed by atoms with Crippen LogP contribution in [0.2, 0.25) is 0 Å². The molecule has 0 bridgehead atoms. The van der Waals surface area contributed by atoms with Crippen LogP contribution in [0, 0.1) is 10.1 Å². The Morgan fingerprint density at radius 3 is 2.32 bits per heavy atom. The summed E-state index contributed by atoms with van der Waals surface area (Å²) in [5.74, 6) is 0.110. The predicted molar refractivity (Wildman–Crippen MR) is 99.7 cm³/mol. The van der Waals surface area contributed by atoms with Crippen molar-refractivity contribution < 1.29 is 18.1 Å². The summed E-state index contributed by atoms with van der Waals surface area (Å²) < 4.78 is 31.5. The van der Waals surface area contributed by atoms with E-state index in [9.17, 15) is 18.5 Å². The number of ether oxygens (including phenoxy) is 1. The monoisotopic (exact) mass is 372 g/mol. The van der Waals surface area contributed by atoms with E-state index in [1.54, 1.807) is 0 Å². The van der Waals surface area contributed by atoms with Crippen LogP contribution < -0.4 is 9.46 Å². The summed E-state index contributed by atoms with van der Waals surface area (Å²) in [5, 5.41) is 10.9. The van der Waals surface area contributed by atoms with Gasteiger partial charge < -0.3 is 4.74 Å².